The Morgan fingerprint density at radius 2 is 1.75 bits per heavy atom. The third kappa shape index (κ3) is 4.06. The fraction of sp³-hybridized carbons (Fsp3) is 0.133. The first-order valence-electron chi connectivity index (χ1n) is 6.65. The smallest absolute Gasteiger partial charge is 0.264 e. The maximum absolute atomic E-state index is 12.2. The number of anilines is 1. The summed E-state index contributed by atoms with van der Waals surface area (Å²) >= 11 is 11.8. The Bertz CT molecular complexity index is 854. The van der Waals surface area contributed by atoms with Crippen molar-refractivity contribution in [3.05, 3.63) is 58.1 Å². The van der Waals surface area contributed by atoms with E-state index in [1.807, 2.05) is 0 Å². The van der Waals surface area contributed by atoms with Gasteiger partial charge in [0, 0.05) is 17.8 Å². The van der Waals surface area contributed by atoms with Gasteiger partial charge in [0.15, 0.2) is 0 Å². The summed E-state index contributed by atoms with van der Waals surface area (Å²) in [6.07, 6.45) is 0. The predicted octanol–water partition coefficient (Wildman–Crippen LogP) is 3.43. The molecule has 1 N–H and O–H groups in total. The van der Waals surface area contributed by atoms with Crippen LogP contribution in [0.25, 0.3) is 0 Å². The molecule has 0 bridgehead atoms. The predicted molar refractivity (Wildman–Crippen MR) is 92.8 cm³/mol. The maximum Gasteiger partial charge on any atom is 0.264 e. The minimum absolute atomic E-state index is 0.0365. The molecule has 0 fully saturated rings. The second-order valence-corrected chi connectivity index (χ2v) is 7.48. The number of amides is 1. The molecule has 0 atom stereocenters. The highest BCUT2D eigenvalue weighted by atomic mass is 35.5. The average molecular weight is 389 g/mol. The fourth-order valence-electron chi connectivity index (χ4n) is 1.83. The first-order valence-corrected chi connectivity index (χ1v) is 8.85. The molecular weight excluding hydrogens is 375 g/mol. The fourth-order valence-corrected chi connectivity index (χ4v) is 3.30. The van der Waals surface area contributed by atoms with Gasteiger partial charge in [-0.1, -0.05) is 27.7 Å². The molecule has 0 aliphatic heterocycles. The molecule has 0 radical (unpaired) electrons. The molecule has 0 aromatic heterocycles. The number of sulfonamides is 1. The molecule has 0 heterocycles. The number of carbonyl (C=O) groups excluding carboxylic acids is 1. The van der Waals surface area contributed by atoms with E-state index < -0.39 is 15.9 Å². The molecule has 128 valence electrons. The monoisotopic (exact) mass is 388 g/mol. The molecule has 0 aliphatic rings. The molecule has 0 spiro atoms. The Morgan fingerprint density at radius 3 is 2.29 bits per heavy atom. The van der Waals surface area contributed by atoms with Crippen LogP contribution in [0.2, 0.25) is 10.0 Å². The SMILES string of the molecule is CON(C)S(=O)(=O)c1ccc(NC(=O)c2ccc(Cl)cc2Cl)cc1. The quantitative estimate of drug-likeness (QED) is 0.796. The van der Waals surface area contributed by atoms with Crippen LogP contribution in [-0.2, 0) is 14.9 Å². The molecule has 6 nitrogen and oxygen atoms in total. The van der Waals surface area contributed by atoms with Crippen molar-refractivity contribution >= 4 is 44.8 Å². The van der Waals surface area contributed by atoms with Crippen molar-refractivity contribution in [2.45, 2.75) is 4.90 Å². The van der Waals surface area contributed by atoms with Gasteiger partial charge in [-0.2, -0.15) is 0 Å². The number of hydrogen-bond acceptors (Lipinski definition) is 4. The number of halogens is 2. The molecule has 0 saturated heterocycles. The largest absolute Gasteiger partial charge is 0.322 e. The zero-order valence-electron chi connectivity index (χ0n) is 12.8. The molecule has 0 saturated carbocycles. The van der Waals surface area contributed by atoms with Crippen molar-refractivity contribution in [3.8, 4) is 0 Å². The summed E-state index contributed by atoms with van der Waals surface area (Å²) in [6, 6.07) is 10.2. The zero-order valence-corrected chi connectivity index (χ0v) is 15.1. The van der Waals surface area contributed by atoms with Gasteiger partial charge >= 0.3 is 0 Å². The summed E-state index contributed by atoms with van der Waals surface area (Å²) in [5.74, 6) is -0.429. The van der Waals surface area contributed by atoms with Crippen LogP contribution in [0.1, 0.15) is 10.4 Å². The van der Waals surface area contributed by atoms with E-state index in [1.165, 1.54) is 50.6 Å². The van der Waals surface area contributed by atoms with Crippen LogP contribution in [0.4, 0.5) is 5.69 Å². The molecular formula is C15H14Cl2N2O4S. The Balaban J connectivity index is 2.19. The first kappa shape index (κ1) is 18.7. The van der Waals surface area contributed by atoms with E-state index >= 15 is 0 Å². The van der Waals surface area contributed by atoms with E-state index in [0.717, 1.165) is 4.47 Å². The lowest BCUT2D eigenvalue weighted by Gasteiger charge is -2.14. The van der Waals surface area contributed by atoms with Crippen molar-refractivity contribution in [2.75, 3.05) is 19.5 Å². The number of rotatable bonds is 5. The van der Waals surface area contributed by atoms with Gasteiger partial charge in [0.2, 0.25) is 0 Å². The minimum Gasteiger partial charge on any atom is -0.322 e. The van der Waals surface area contributed by atoms with Crippen LogP contribution >= 0.6 is 23.2 Å². The van der Waals surface area contributed by atoms with E-state index in [1.54, 1.807) is 6.07 Å². The number of carbonyl (C=O) groups is 1. The number of hydroxylamine groups is 1. The van der Waals surface area contributed by atoms with Crippen LogP contribution in [0, 0.1) is 0 Å². The molecule has 0 unspecified atom stereocenters. The Labute approximate surface area is 149 Å². The van der Waals surface area contributed by atoms with Gasteiger partial charge in [-0.3, -0.25) is 9.63 Å². The molecule has 2 rings (SSSR count). The lowest BCUT2D eigenvalue weighted by Crippen LogP contribution is -2.25. The summed E-state index contributed by atoms with van der Waals surface area (Å²) in [5.41, 5.74) is 0.682. The van der Waals surface area contributed by atoms with E-state index in [0.29, 0.717) is 10.7 Å². The molecule has 0 aliphatic carbocycles. The Kier molecular flexibility index (Phi) is 5.84. The maximum atomic E-state index is 12.2. The highest BCUT2D eigenvalue weighted by Crippen LogP contribution is 2.23. The second kappa shape index (κ2) is 7.50. The summed E-state index contributed by atoms with van der Waals surface area (Å²) in [4.78, 5) is 16.9. The van der Waals surface area contributed by atoms with Crippen molar-refractivity contribution < 1.29 is 18.0 Å². The van der Waals surface area contributed by atoms with Gasteiger partial charge < -0.3 is 5.32 Å². The summed E-state index contributed by atoms with van der Waals surface area (Å²) in [6.45, 7) is 0. The summed E-state index contributed by atoms with van der Waals surface area (Å²) < 4.78 is 24.9. The summed E-state index contributed by atoms with van der Waals surface area (Å²) in [5, 5.41) is 3.28. The second-order valence-electron chi connectivity index (χ2n) is 4.70. The van der Waals surface area contributed by atoms with Gasteiger partial charge in [0.05, 0.1) is 22.6 Å². The van der Waals surface area contributed by atoms with E-state index in [-0.39, 0.29) is 15.5 Å². The molecule has 2 aromatic carbocycles. The standard InChI is InChI=1S/C15H14Cl2N2O4S/c1-19(23-2)24(21,22)12-6-4-11(5-7-12)18-15(20)13-8-3-10(16)9-14(13)17/h3-9H,1-2H3,(H,18,20). The molecule has 9 heteroatoms. The average Bonchev–Trinajstić information content (AvgIpc) is 2.54. The molecule has 1 amide bonds. The van der Waals surface area contributed by atoms with Crippen molar-refractivity contribution in [1.29, 1.82) is 0 Å². The third-order valence-electron chi connectivity index (χ3n) is 3.18. The highest BCUT2D eigenvalue weighted by molar-refractivity contribution is 7.89. The van der Waals surface area contributed by atoms with E-state index in [9.17, 15) is 13.2 Å². The van der Waals surface area contributed by atoms with Crippen LogP contribution < -0.4 is 5.32 Å². The Hall–Kier alpha value is -1.64. The van der Waals surface area contributed by atoms with Gasteiger partial charge in [-0.05, 0) is 42.5 Å². The lowest BCUT2D eigenvalue weighted by atomic mass is 10.2. The highest BCUT2D eigenvalue weighted by Gasteiger charge is 2.20. The zero-order chi connectivity index (χ0) is 17.9. The van der Waals surface area contributed by atoms with Gasteiger partial charge in [-0.25, -0.2) is 8.42 Å². The van der Waals surface area contributed by atoms with Crippen LogP contribution in [0.5, 0.6) is 0 Å². The van der Waals surface area contributed by atoms with Crippen LogP contribution in [0.3, 0.4) is 0 Å². The normalized spacial score (nSPS) is 11.5. The van der Waals surface area contributed by atoms with E-state index in [2.05, 4.69) is 5.32 Å². The van der Waals surface area contributed by atoms with Gasteiger partial charge in [0.25, 0.3) is 15.9 Å². The summed E-state index contributed by atoms with van der Waals surface area (Å²) in [7, 11) is -1.20. The molecule has 2 aromatic rings. The van der Waals surface area contributed by atoms with Crippen molar-refractivity contribution in [1.82, 2.24) is 4.47 Å². The number of hydrogen-bond donors (Lipinski definition) is 1. The van der Waals surface area contributed by atoms with Crippen LogP contribution in [-0.4, -0.2) is 33.0 Å². The molecule has 24 heavy (non-hydrogen) atoms. The topological polar surface area (TPSA) is 75.7 Å². The first-order chi connectivity index (χ1) is 11.3. The van der Waals surface area contributed by atoms with Crippen molar-refractivity contribution in [2.24, 2.45) is 0 Å². The number of nitrogens with one attached hydrogen (secondary N) is 1. The number of nitrogens with zero attached hydrogens (tertiary/aromatic N) is 1. The number of benzene rings is 2. The van der Waals surface area contributed by atoms with Gasteiger partial charge in [-0.15, -0.1) is 0 Å². The van der Waals surface area contributed by atoms with Gasteiger partial charge in [0.1, 0.15) is 0 Å². The minimum atomic E-state index is -3.74. The van der Waals surface area contributed by atoms with Crippen molar-refractivity contribution in [3.63, 3.8) is 0 Å². The Morgan fingerprint density at radius 1 is 1.12 bits per heavy atom. The van der Waals surface area contributed by atoms with E-state index in [4.69, 9.17) is 28.0 Å². The lowest BCUT2D eigenvalue weighted by molar-refractivity contribution is -0.0258. The van der Waals surface area contributed by atoms with Crippen LogP contribution in [0.15, 0.2) is 47.4 Å². The third-order valence-corrected chi connectivity index (χ3v) is 5.42.